The molecule has 1 aliphatic rings. The molecule has 0 aliphatic heterocycles. The number of hydrogen-bond donors (Lipinski definition) is 1. The van der Waals surface area contributed by atoms with Crippen LogP contribution in [0, 0.1) is 0 Å². The number of hydrogen-bond acceptors (Lipinski definition) is 4. The van der Waals surface area contributed by atoms with Gasteiger partial charge in [-0.1, -0.05) is 11.6 Å². The Labute approximate surface area is 104 Å². The Kier molecular flexibility index (Phi) is 2.13. The maximum Gasteiger partial charge on any atom is 0.184 e. The fourth-order valence-electron chi connectivity index (χ4n) is 1.83. The number of nitrogens with zero attached hydrogens (tertiary/aromatic N) is 4. The summed E-state index contributed by atoms with van der Waals surface area (Å²) in [6.45, 7) is 2.13. The zero-order valence-electron chi connectivity index (χ0n) is 9.39. The van der Waals surface area contributed by atoms with Gasteiger partial charge in [-0.2, -0.15) is 0 Å². The molecule has 0 spiro atoms. The van der Waals surface area contributed by atoms with Gasteiger partial charge in [0.15, 0.2) is 5.82 Å². The average Bonchev–Trinajstić information content (AvgIpc) is 2.87. The Morgan fingerprint density at radius 1 is 1.41 bits per heavy atom. The van der Waals surface area contributed by atoms with Crippen LogP contribution in [-0.4, -0.2) is 20.2 Å². The Hall–Kier alpha value is -1.62. The fraction of sp³-hybridized carbons (Fsp3) is 0.364. The van der Waals surface area contributed by atoms with Crippen molar-refractivity contribution in [3.8, 4) is 11.4 Å². The van der Waals surface area contributed by atoms with Crippen LogP contribution in [0.25, 0.3) is 11.4 Å². The van der Waals surface area contributed by atoms with Crippen LogP contribution in [0.4, 0.5) is 5.69 Å². The van der Waals surface area contributed by atoms with Crippen molar-refractivity contribution in [3.05, 3.63) is 23.2 Å². The topological polar surface area (TPSA) is 69.6 Å². The molecule has 1 aromatic heterocycles. The SMILES string of the molecule is CC1(n2nnnc2-c2cc(N)ccc2Cl)CC1. The second-order valence-corrected chi connectivity index (χ2v) is 5.06. The zero-order valence-corrected chi connectivity index (χ0v) is 10.1. The van der Waals surface area contributed by atoms with Crippen molar-refractivity contribution in [1.29, 1.82) is 0 Å². The third kappa shape index (κ3) is 1.67. The fourth-order valence-corrected chi connectivity index (χ4v) is 2.03. The summed E-state index contributed by atoms with van der Waals surface area (Å²) in [6, 6.07) is 5.33. The largest absolute Gasteiger partial charge is 0.399 e. The van der Waals surface area contributed by atoms with Crippen molar-refractivity contribution in [2.45, 2.75) is 25.3 Å². The van der Waals surface area contributed by atoms with Crippen molar-refractivity contribution < 1.29 is 0 Å². The normalized spacial score (nSPS) is 17.1. The molecule has 0 amide bonds. The van der Waals surface area contributed by atoms with Gasteiger partial charge in [-0.25, -0.2) is 4.68 Å². The van der Waals surface area contributed by atoms with Gasteiger partial charge in [-0.3, -0.25) is 0 Å². The quantitative estimate of drug-likeness (QED) is 0.828. The number of nitrogen functional groups attached to an aromatic ring is 1. The summed E-state index contributed by atoms with van der Waals surface area (Å²) in [7, 11) is 0. The zero-order chi connectivity index (χ0) is 12.0. The van der Waals surface area contributed by atoms with Crippen LogP contribution < -0.4 is 5.73 Å². The van der Waals surface area contributed by atoms with E-state index in [0.717, 1.165) is 18.4 Å². The van der Waals surface area contributed by atoms with Gasteiger partial charge < -0.3 is 5.73 Å². The monoisotopic (exact) mass is 249 g/mol. The maximum atomic E-state index is 6.17. The van der Waals surface area contributed by atoms with Gasteiger partial charge in [0.05, 0.1) is 10.6 Å². The van der Waals surface area contributed by atoms with E-state index in [0.29, 0.717) is 16.5 Å². The number of rotatable bonds is 2. The molecule has 0 bridgehead atoms. The van der Waals surface area contributed by atoms with Crippen LogP contribution in [0.15, 0.2) is 18.2 Å². The molecule has 5 nitrogen and oxygen atoms in total. The third-order valence-corrected chi connectivity index (χ3v) is 3.52. The van der Waals surface area contributed by atoms with E-state index in [4.69, 9.17) is 17.3 Å². The highest BCUT2D eigenvalue weighted by Crippen LogP contribution is 2.44. The molecule has 88 valence electrons. The Morgan fingerprint density at radius 3 is 2.88 bits per heavy atom. The standard InChI is InChI=1S/C11H12ClN5/c1-11(4-5-11)17-10(14-15-16-17)8-6-7(13)2-3-9(8)12/h2-3,6H,4-5,13H2,1H3. The summed E-state index contributed by atoms with van der Waals surface area (Å²) in [4.78, 5) is 0. The molecule has 1 saturated carbocycles. The number of benzene rings is 1. The first-order valence-electron chi connectivity index (χ1n) is 5.44. The highest BCUT2D eigenvalue weighted by atomic mass is 35.5. The summed E-state index contributed by atoms with van der Waals surface area (Å²) >= 11 is 6.17. The predicted molar refractivity (Wildman–Crippen MR) is 65.6 cm³/mol. The van der Waals surface area contributed by atoms with Crippen LogP contribution in [0.1, 0.15) is 19.8 Å². The van der Waals surface area contributed by atoms with E-state index in [1.54, 1.807) is 18.2 Å². The van der Waals surface area contributed by atoms with Crippen LogP contribution in [0.3, 0.4) is 0 Å². The molecule has 6 heteroatoms. The van der Waals surface area contributed by atoms with Gasteiger partial charge in [0.1, 0.15) is 0 Å². The number of aromatic nitrogens is 4. The first-order valence-corrected chi connectivity index (χ1v) is 5.82. The molecular formula is C11H12ClN5. The van der Waals surface area contributed by atoms with Gasteiger partial charge in [0.2, 0.25) is 0 Å². The van der Waals surface area contributed by atoms with E-state index >= 15 is 0 Å². The minimum atomic E-state index is 0.0345. The summed E-state index contributed by atoms with van der Waals surface area (Å²) in [5.41, 5.74) is 7.24. The molecular weight excluding hydrogens is 238 g/mol. The van der Waals surface area contributed by atoms with E-state index in [2.05, 4.69) is 22.4 Å². The first kappa shape index (κ1) is 10.5. The highest BCUT2D eigenvalue weighted by molar-refractivity contribution is 6.33. The minimum Gasteiger partial charge on any atom is -0.399 e. The Morgan fingerprint density at radius 2 is 2.18 bits per heavy atom. The summed E-state index contributed by atoms with van der Waals surface area (Å²) < 4.78 is 1.84. The van der Waals surface area contributed by atoms with Gasteiger partial charge in [0.25, 0.3) is 0 Å². The molecule has 2 aromatic rings. The molecule has 1 aliphatic carbocycles. The van der Waals surface area contributed by atoms with Crippen LogP contribution in [-0.2, 0) is 5.54 Å². The average molecular weight is 250 g/mol. The number of halogens is 1. The van der Waals surface area contributed by atoms with Crippen molar-refractivity contribution in [3.63, 3.8) is 0 Å². The van der Waals surface area contributed by atoms with Crippen molar-refractivity contribution in [2.75, 3.05) is 5.73 Å². The molecule has 1 heterocycles. The minimum absolute atomic E-state index is 0.0345. The molecule has 1 aromatic carbocycles. The predicted octanol–water partition coefficient (Wildman–Crippen LogP) is 2.08. The van der Waals surface area contributed by atoms with Gasteiger partial charge in [-0.15, -0.1) is 5.10 Å². The summed E-state index contributed by atoms with van der Waals surface area (Å²) in [5, 5.41) is 12.5. The van der Waals surface area contributed by atoms with E-state index in [1.807, 2.05) is 4.68 Å². The second kappa shape index (κ2) is 3.43. The lowest BCUT2D eigenvalue weighted by Gasteiger charge is -2.11. The van der Waals surface area contributed by atoms with Gasteiger partial charge in [0, 0.05) is 11.3 Å². The Balaban J connectivity index is 2.15. The highest BCUT2D eigenvalue weighted by Gasteiger charge is 2.42. The molecule has 2 N–H and O–H groups in total. The molecule has 17 heavy (non-hydrogen) atoms. The van der Waals surface area contributed by atoms with Crippen molar-refractivity contribution in [1.82, 2.24) is 20.2 Å². The van der Waals surface area contributed by atoms with Crippen LogP contribution in [0.2, 0.25) is 5.02 Å². The van der Waals surface area contributed by atoms with Crippen LogP contribution in [0.5, 0.6) is 0 Å². The second-order valence-electron chi connectivity index (χ2n) is 4.65. The lowest BCUT2D eigenvalue weighted by atomic mass is 10.2. The number of tetrazole rings is 1. The molecule has 3 rings (SSSR count). The summed E-state index contributed by atoms with van der Waals surface area (Å²) in [5.74, 6) is 0.683. The molecule has 1 fully saturated rings. The third-order valence-electron chi connectivity index (χ3n) is 3.19. The smallest absolute Gasteiger partial charge is 0.184 e. The van der Waals surface area contributed by atoms with E-state index < -0.39 is 0 Å². The van der Waals surface area contributed by atoms with E-state index in [9.17, 15) is 0 Å². The van der Waals surface area contributed by atoms with Gasteiger partial charge >= 0.3 is 0 Å². The van der Waals surface area contributed by atoms with Crippen molar-refractivity contribution >= 4 is 17.3 Å². The van der Waals surface area contributed by atoms with Crippen LogP contribution >= 0.6 is 11.6 Å². The first-order chi connectivity index (χ1) is 8.10. The molecule has 0 atom stereocenters. The lowest BCUT2D eigenvalue weighted by Crippen LogP contribution is -2.15. The van der Waals surface area contributed by atoms with Gasteiger partial charge in [-0.05, 0) is 48.4 Å². The molecule has 0 unspecified atom stereocenters. The van der Waals surface area contributed by atoms with Crippen molar-refractivity contribution in [2.24, 2.45) is 0 Å². The summed E-state index contributed by atoms with van der Waals surface area (Å²) in [6.07, 6.45) is 2.18. The van der Waals surface area contributed by atoms with E-state index in [1.165, 1.54) is 0 Å². The Bertz CT molecular complexity index is 573. The van der Waals surface area contributed by atoms with E-state index in [-0.39, 0.29) is 5.54 Å². The maximum absolute atomic E-state index is 6.17. The molecule has 0 radical (unpaired) electrons. The molecule has 0 saturated heterocycles. The number of anilines is 1. The lowest BCUT2D eigenvalue weighted by molar-refractivity contribution is 0.463. The number of nitrogens with two attached hydrogens (primary N) is 1.